The minimum absolute atomic E-state index is 0.172. The predicted octanol–water partition coefficient (Wildman–Crippen LogP) is 2.41. The second-order valence-corrected chi connectivity index (χ2v) is 9.66. The molecule has 0 unspecified atom stereocenters. The molecule has 2 aliphatic heterocycles. The van der Waals surface area contributed by atoms with Gasteiger partial charge in [0.15, 0.2) is 11.5 Å². The Bertz CT molecular complexity index is 1180. The van der Waals surface area contributed by atoms with Gasteiger partial charge < -0.3 is 40.6 Å². The Labute approximate surface area is 205 Å². The first kappa shape index (κ1) is 24.4. The van der Waals surface area contributed by atoms with Crippen LogP contribution in [0.5, 0.6) is 11.5 Å². The summed E-state index contributed by atoms with van der Waals surface area (Å²) >= 11 is 0. The van der Waals surface area contributed by atoms with Crippen molar-refractivity contribution in [2.75, 3.05) is 63.0 Å². The van der Waals surface area contributed by atoms with Crippen molar-refractivity contribution >= 4 is 22.9 Å². The van der Waals surface area contributed by atoms with Gasteiger partial charge in [-0.15, -0.1) is 0 Å². The summed E-state index contributed by atoms with van der Waals surface area (Å²) in [6.07, 6.45) is 1.66. The van der Waals surface area contributed by atoms with Crippen molar-refractivity contribution in [2.24, 2.45) is 0 Å². The Morgan fingerprint density at radius 3 is 1.39 bits per heavy atom. The molecule has 0 amide bonds. The lowest BCUT2D eigenvalue weighted by molar-refractivity contribution is -0.916. The summed E-state index contributed by atoms with van der Waals surface area (Å²) in [5.74, 6) is -8.38. The van der Waals surface area contributed by atoms with Gasteiger partial charge in [-0.05, 0) is 12.1 Å². The lowest BCUT2D eigenvalue weighted by atomic mass is 9.81. The molecule has 0 aromatic heterocycles. The van der Waals surface area contributed by atoms with Crippen molar-refractivity contribution in [3.63, 3.8) is 0 Å². The lowest BCUT2D eigenvalue weighted by Crippen LogP contribution is -2.55. The second kappa shape index (κ2) is 8.66. The van der Waals surface area contributed by atoms with Gasteiger partial charge in [0.25, 0.3) is 0 Å². The average Bonchev–Trinajstić information content (AvgIpc) is 2.81. The van der Waals surface area contributed by atoms with Crippen LogP contribution in [0.1, 0.15) is 44.7 Å². The number of nitrogens with one attached hydrogen (secondary N) is 2. The Morgan fingerprint density at radius 1 is 0.722 bits per heavy atom. The molecule has 2 heterocycles. The number of halogens is 2. The smallest absolute Gasteiger partial charge is 0.205 e. The maximum Gasteiger partial charge on any atom is 0.205 e. The quantitative estimate of drug-likeness (QED) is 0.208. The number of hydrogen-bond donors (Lipinski definition) is 4. The number of quaternary nitrogens is 2. The standard InChI is InChI=1S/C24H26F2N4O6/c25-19-20(26)24(34)18-17(23(19)33)21(31)15-13(27-5-11-29(35)7-1-8-29)3-4-14(16(15)22(18)32)28-6-12-30(36)9-2-10-30/h3-4,27-28,33-34H,1-2,5-12H2. The number of anilines is 2. The van der Waals surface area contributed by atoms with E-state index in [1.165, 1.54) is 12.1 Å². The number of carbonyl (C=O) groups excluding carboxylic acids is 2. The van der Waals surface area contributed by atoms with E-state index in [4.69, 9.17) is 0 Å². The third-order valence-corrected chi connectivity index (χ3v) is 7.38. The van der Waals surface area contributed by atoms with Crippen molar-refractivity contribution in [1.29, 1.82) is 0 Å². The highest BCUT2D eigenvalue weighted by Gasteiger charge is 2.41. The van der Waals surface area contributed by atoms with E-state index in [0.717, 1.165) is 12.8 Å². The fraction of sp³-hybridized carbons (Fsp3) is 0.417. The molecular weight excluding hydrogens is 478 g/mol. The highest BCUT2D eigenvalue weighted by atomic mass is 19.2. The van der Waals surface area contributed by atoms with E-state index in [9.17, 15) is 39.0 Å². The molecule has 0 bridgehead atoms. The van der Waals surface area contributed by atoms with Gasteiger partial charge in [-0.3, -0.25) is 9.59 Å². The van der Waals surface area contributed by atoms with Crippen LogP contribution in [0.15, 0.2) is 12.1 Å². The maximum absolute atomic E-state index is 14.2. The Hall–Kier alpha value is -3.32. The van der Waals surface area contributed by atoms with Crippen molar-refractivity contribution in [3.8, 4) is 11.5 Å². The summed E-state index contributed by atoms with van der Waals surface area (Å²) in [6, 6.07) is 3.01. The third-order valence-electron chi connectivity index (χ3n) is 7.38. The van der Waals surface area contributed by atoms with E-state index < -0.39 is 45.8 Å². The molecule has 1 aliphatic carbocycles. The number of phenols is 2. The molecule has 4 N–H and O–H groups in total. The van der Waals surface area contributed by atoms with Crippen LogP contribution in [0.4, 0.5) is 20.2 Å². The van der Waals surface area contributed by atoms with Crippen LogP contribution in [0.3, 0.4) is 0 Å². The fourth-order valence-corrected chi connectivity index (χ4v) is 4.98. The summed E-state index contributed by atoms with van der Waals surface area (Å²) in [6.45, 7) is 2.78. The number of hydroxylamine groups is 6. The van der Waals surface area contributed by atoms with Crippen LogP contribution >= 0.6 is 0 Å². The van der Waals surface area contributed by atoms with Crippen LogP contribution in [-0.2, 0) is 0 Å². The predicted molar refractivity (Wildman–Crippen MR) is 126 cm³/mol. The summed E-state index contributed by atoms with van der Waals surface area (Å²) in [7, 11) is 0. The molecule has 3 aliphatic rings. The monoisotopic (exact) mass is 504 g/mol. The van der Waals surface area contributed by atoms with E-state index in [1.54, 1.807) is 0 Å². The molecule has 2 fully saturated rings. The van der Waals surface area contributed by atoms with Crippen molar-refractivity contribution in [2.45, 2.75) is 12.8 Å². The molecule has 192 valence electrons. The van der Waals surface area contributed by atoms with Crippen molar-refractivity contribution in [3.05, 3.63) is 56.4 Å². The minimum Gasteiger partial charge on any atom is -0.633 e. The largest absolute Gasteiger partial charge is 0.633 e. The summed E-state index contributed by atoms with van der Waals surface area (Å²) in [5.41, 5.74) is -1.72. The summed E-state index contributed by atoms with van der Waals surface area (Å²) in [4.78, 5) is 27.0. The van der Waals surface area contributed by atoms with Gasteiger partial charge >= 0.3 is 0 Å². The van der Waals surface area contributed by atoms with Crippen molar-refractivity contribution < 1.29 is 37.9 Å². The molecular formula is C24H26F2N4O6. The van der Waals surface area contributed by atoms with Gasteiger partial charge in [-0.25, -0.2) is 0 Å². The number of hydrogen-bond acceptors (Lipinski definition) is 8. The summed E-state index contributed by atoms with van der Waals surface area (Å²) in [5, 5.41) is 51.1. The van der Waals surface area contributed by atoms with Gasteiger partial charge in [0, 0.05) is 24.2 Å². The van der Waals surface area contributed by atoms with E-state index in [-0.39, 0.29) is 58.0 Å². The number of fused-ring (bicyclic) bond motifs is 2. The van der Waals surface area contributed by atoms with E-state index in [2.05, 4.69) is 10.6 Å². The first-order valence-corrected chi connectivity index (χ1v) is 11.9. The van der Waals surface area contributed by atoms with Gasteiger partial charge in [-0.2, -0.15) is 8.78 Å². The molecule has 36 heavy (non-hydrogen) atoms. The van der Waals surface area contributed by atoms with Gasteiger partial charge in [0.05, 0.1) is 74.6 Å². The Balaban J connectivity index is 1.53. The topological polar surface area (TPSA) is 145 Å². The zero-order valence-corrected chi connectivity index (χ0v) is 19.4. The van der Waals surface area contributed by atoms with Crippen LogP contribution in [0.2, 0.25) is 0 Å². The second-order valence-electron chi connectivity index (χ2n) is 9.66. The summed E-state index contributed by atoms with van der Waals surface area (Å²) < 4.78 is 27.6. The molecule has 12 heteroatoms. The molecule has 0 saturated carbocycles. The number of carbonyl (C=O) groups is 2. The highest BCUT2D eigenvalue weighted by Crippen LogP contribution is 2.44. The Morgan fingerprint density at radius 2 is 1.08 bits per heavy atom. The highest BCUT2D eigenvalue weighted by molar-refractivity contribution is 6.33. The van der Waals surface area contributed by atoms with E-state index in [0.29, 0.717) is 26.2 Å². The number of nitrogens with zero attached hydrogens (tertiary/aromatic N) is 2. The number of ketones is 2. The molecule has 10 nitrogen and oxygen atoms in total. The number of aromatic hydroxyl groups is 2. The number of benzene rings is 2. The van der Waals surface area contributed by atoms with Gasteiger partial charge in [0.1, 0.15) is 0 Å². The zero-order valence-electron chi connectivity index (χ0n) is 19.4. The molecule has 0 atom stereocenters. The van der Waals surface area contributed by atoms with Gasteiger partial charge in [-0.1, -0.05) is 0 Å². The molecule has 0 spiro atoms. The number of likely N-dealkylation sites (tertiary alicyclic amines) is 2. The van der Waals surface area contributed by atoms with E-state index >= 15 is 0 Å². The maximum atomic E-state index is 14.2. The normalized spacial score (nSPS) is 19.1. The molecule has 0 radical (unpaired) electrons. The SMILES string of the molecule is O=C1c2c(NCC[N+]3([O-])CCC3)ccc(NCC[N+]3([O-])CCC3)c2C(=O)c2c(O)c(F)c(F)c(O)c21. The first-order chi connectivity index (χ1) is 17.1. The Kier molecular flexibility index (Phi) is 5.86. The lowest BCUT2D eigenvalue weighted by Gasteiger charge is -2.50. The van der Waals surface area contributed by atoms with Crippen LogP contribution in [0, 0.1) is 22.0 Å². The molecule has 5 rings (SSSR count). The van der Waals surface area contributed by atoms with Crippen molar-refractivity contribution in [1.82, 2.24) is 0 Å². The van der Waals surface area contributed by atoms with Crippen LogP contribution in [0.25, 0.3) is 0 Å². The molecule has 2 aromatic carbocycles. The van der Waals surface area contributed by atoms with E-state index in [1.807, 2.05) is 0 Å². The number of phenolic OH excluding ortho intramolecular Hbond substituents is 2. The number of rotatable bonds is 8. The fourth-order valence-electron chi connectivity index (χ4n) is 4.98. The van der Waals surface area contributed by atoms with Crippen LogP contribution < -0.4 is 10.6 Å². The third kappa shape index (κ3) is 3.86. The molecule has 2 saturated heterocycles. The van der Waals surface area contributed by atoms with Gasteiger partial charge in [0.2, 0.25) is 23.2 Å². The first-order valence-electron chi connectivity index (χ1n) is 11.9. The minimum atomic E-state index is -1.84. The van der Waals surface area contributed by atoms with Crippen LogP contribution in [-0.4, -0.2) is 83.4 Å². The average molecular weight is 504 g/mol. The molecule has 2 aromatic rings. The zero-order chi connectivity index (χ0) is 25.8.